The van der Waals surface area contributed by atoms with Gasteiger partial charge in [0, 0.05) is 0 Å². The summed E-state index contributed by atoms with van der Waals surface area (Å²) >= 11 is 7.43. The lowest BCUT2D eigenvalue weighted by Gasteiger charge is -2.07. The van der Waals surface area contributed by atoms with Crippen LogP contribution in [0.15, 0.2) is 35.0 Å². The number of carboxylic acid groups (broad SMARTS) is 1. The Morgan fingerprint density at radius 2 is 2.11 bits per heavy atom. The molecule has 0 aliphatic carbocycles. The molecule has 0 aliphatic heterocycles. The Kier molecular flexibility index (Phi) is 4.19. The van der Waals surface area contributed by atoms with Gasteiger partial charge in [0.1, 0.15) is 0 Å². The van der Waals surface area contributed by atoms with Crippen molar-refractivity contribution in [3.05, 3.63) is 51.2 Å². The summed E-state index contributed by atoms with van der Waals surface area (Å²) < 4.78 is 0. The molecule has 19 heavy (non-hydrogen) atoms. The second kappa shape index (κ2) is 5.86. The van der Waals surface area contributed by atoms with Crippen LogP contribution in [0, 0.1) is 0 Å². The van der Waals surface area contributed by atoms with E-state index in [0.29, 0.717) is 10.7 Å². The van der Waals surface area contributed by atoms with E-state index in [2.05, 4.69) is 5.32 Å². The highest BCUT2D eigenvalue weighted by Gasteiger charge is 2.10. The number of carboxylic acids is 1. The minimum atomic E-state index is -1.06. The van der Waals surface area contributed by atoms with Gasteiger partial charge >= 0.3 is 5.97 Å². The van der Waals surface area contributed by atoms with Crippen LogP contribution >= 0.6 is 22.9 Å². The fraction of sp³-hybridized carbons (Fsp3) is 0.0769. The molecule has 0 spiro atoms. The van der Waals surface area contributed by atoms with Crippen molar-refractivity contribution in [3.63, 3.8) is 0 Å². The Bertz CT molecular complexity index is 610. The van der Waals surface area contributed by atoms with Crippen LogP contribution in [-0.4, -0.2) is 17.0 Å². The van der Waals surface area contributed by atoms with Gasteiger partial charge in [-0.05, 0) is 40.6 Å². The van der Waals surface area contributed by atoms with Crippen molar-refractivity contribution >= 4 is 40.5 Å². The lowest BCUT2D eigenvalue weighted by molar-refractivity contribution is -0.115. The predicted octanol–water partition coefficient (Wildman–Crippen LogP) is 3.28. The van der Waals surface area contributed by atoms with Crippen LogP contribution in [-0.2, 0) is 11.2 Å². The Morgan fingerprint density at radius 1 is 1.32 bits per heavy atom. The number of anilines is 1. The molecule has 0 unspecified atom stereocenters. The third kappa shape index (κ3) is 3.56. The van der Waals surface area contributed by atoms with Gasteiger partial charge in [-0.1, -0.05) is 11.6 Å². The second-order valence-electron chi connectivity index (χ2n) is 3.86. The fourth-order valence-electron chi connectivity index (χ4n) is 1.53. The molecular formula is C13H10ClNO3S. The van der Waals surface area contributed by atoms with Crippen LogP contribution in [0.1, 0.15) is 15.9 Å². The predicted molar refractivity (Wildman–Crippen MR) is 75.1 cm³/mol. The molecule has 0 saturated carbocycles. The van der Waals surface area contributed by atoms with Crippen molar-refractivity contribution in [3.8, 4) is 0 Å². The number of carbonyl (C=O) groups excluding carboxylic acids is 1. The highest BCUT2D eigenvalue weighted by molar-refractivity contribution is 7.08. The number of halogens is 1. The molecule has 0 aliphatic rings. The number of amides is 1. The highest BCUT2D eigenvalue weighted by atomic mass is 35.5. The lowest BCUT2D eigenvalue weighted by Crippen LogP contribution is -2.14. The smallest absolute Gasteiger partial charge is 0.335 e. The van der Waals surface area contributed by atoms with E-state index in [9.17, 15) is 9.59 Å². The van der Waals surface area contributed by atoms with E-state index in [0.717, 1.165) is 5.56 Å². The summed E-state index contributed by atoms with van der Waals surface area (Å²) in [7, 11) is 0. The second-order valence-corrected chi connectivity index (χ2v) is 5.04. The van der Waals surface area contributed by atoms with Crippen LogP contribution in [0.3, 0.4) is 0 Å². The highest BCUT2D eigenvalue weighted by Crippen LogP contribution is 2.23. The Morgan fingerprint density at radius 3 is 2.74 bits per heavy atom. The molecule has 6 heteroatoms. The molecule has 0 saturated heterocycles. The Labute approximate surface area is 118 Å². The minimum Gasteiger partial charge on any atom is -0.478 e. The molecular weight excluding hydrogens is 286 g/mol. The van der Waals surface area contributed by atoms with E-state index >= 15 is 0 Å². The number of carbonyl (C=O) groups is 2. The van der Waals surface area contributed by atoms with Gasteiger partial charge in [0.2, 0.25) is 5.91 Å². The maximum Gasteiger partial charge on any atom is 0.335 e. The summed E-state index contributed by atoms with van der Waals surface area (Å²) in [5, 5.41) is 15.6. The van der Waals surface area contributed by atoms with E-state index in [-0.39, 0.29) is 17.9 Å². The first-order valence-corrected chi connectivity index (χ1v) is 6.72. The third-order valence-electron chi connectivity index (χ3n) is 2.43. The molecule has 0 bridgehead atoms. The van der Waals surface area contributed by atoms with Crippen LogP contribution in [0.25, 0.3) is 0 Å². The van der Waals surface area contributed by atoms with Crippen LogP contribution in [0.2, 0.25) is 5.02 Å². The number of thiophene rings is 1. The molecule has 0 radical (unpaired) electrons. The zero-order chi connectivity index (χ0) is 13.8. The zero-order valence-electron chi connectivity index (χ0n) is 9.72. The third-order valence-corrected chi connectivity index (χ3v) is 3.49. The summed E-state index contributed by atoms with van der Waals surface area (Å²) in [5.41, 5.74) is 1.30. The number of rotatable bonds is 4. The standard InChI is InChI=1S/C13H10ClNO3S/c14-10-2-1-9(13(17)18)6-11(10)15-12(16)5-8-3-4-19-7-8/h1-4,6-7H,5H2,(H,15,16)(H,17,18). The summed E-state index contributed by atoms with van der Waals surface area (Å²) in [6.07, 6.45) is 0.233. The monoisotopic (exact) mass is 295 g/mol. The molecule has 0 fully saturated rings. The van der Waals surface area contributed by atoms with Gasteiger partial charge in [0.05, 0.1) is 22.7 Å². The van der Waals surface area contributed by atoms with Crippen LogP contribution in [0.4, 0.5) is 5.69 Å². The number of hydrogen-bond acceptors (Lipinski definition) is 3. The minimum absolute atomic E-state index is 0.0789. The lowest BCUT2D eigenvalue weighted by atomic mass is 10.2. The molecule has 4 nitrogen and oxygen atoms in total. The number of hydrogen-bond donors (Lipinski definition) is 2. The van der Waals surface area contributed by atoms with Gasteiger partial charge in [0.15, 0.2) is 0 Å². The number of benzene rings is 1. The summed E-state index contributed by atoms with van der Waals surface area (Å²) in [6, 6.07) is 6.04. The first-order chi connectivity index (χ1) is 9.06. The van der Waals surface area contributed by atoms with Crippen molar-refractivity contribution in [1.29, 1.82) is 0 Å². The summed E-state index contributed by atoms with van der Waals surface area (Å²) in [6.45, 7) is 0. The quantitative estimate of drug-likeness (QED) is 0.909. The van der Waals surface area contributed by atoms with E-state index in [1.54, 1.807) is 0 Å². The van der Waals surface area contributed by atoms with Gasteiger partial charge in [-0.3, -0.25) is 4.79 Å². The zero-order valence-corrected chi connectivity index (χ0v) is 11.3. The largest absolute Gasteiger partial charge is 0.478 e. The SMILES string of the molecule is O=C(Cc1ccsc1)Nc1cc(C(=O)O)ccc1Cl. The molecule has 1 amide bonds. The van der Waals surface area contributed by atoms with E-state index in [1.165, 1.54) is 29.5 Å². The number of aromatic carboxylic acids is 1. The van der Waals surface area contributed by atoms with Gasteiger partial charge < -0.3 is 10.4 Å². The van der Waals surface area contributed by atoms with E-state index in [4.69, 9.17) is 16.7 Å². The molecule has 0 atom stereocenters. The topological polar surface area (TPSA) is 66.4 Å². The molecule has 1 aromatic carbocycles. The average Bonchev–Trinajstić information content (AvgIpc) is 2.84. The first-order valence-electron chi connectivity index (χ1n) is 5.40. The average molecular weight is 296 g/mol. The maximum absolute atomic E-state index is 11.8. The van der Waals surface area contributed by atoms with Crippen LogP contribution in [0.5, 0.6) is 0 Å². The first kappa shape index (κ1) is 13.6. The van der Waals surface area contributed by atoms with Gasteiger partial charge in [-0.15, -0.1) is 0 Å². The van der Waals surface area contributed by atoms with Crippen molar-refractivity contribution in [1.82, 2.24) is 0 Å². The van der Waals surface area contributed by atoms with Gasteiger partial charge in [-0.2, -0.15) is 11.3 Å². The van der Waals surface area contributed by atoms with Gasteiger partial charge in [-0.25, -0.2) is 4.79 Å². The van der Waals surface area contributed by atoms with Crippen LogP contribution < -0.4 is 5.32 Å². The molecule has 2 aromatic rings. The molecule has 2 N–H and O–H groups in total. The Balaban J connectivity index is 2.11. The summed E-state index contributed by atoms with van der Waals surface area (Å²) in [4.78, 5) is 22.7. The van der Waals surface area contributed by atoms with E-state index < -0.39 is 5.97 Å². The van der Waals surface area contributed by atoms with Crippen molar-refractivity contribution in [2.75, 3.05) is 5.32 Å². The van der Waals surface area contributed by atoms with E-state index in [1.807, 2.05) is 16.8 Å². The number of nitrogens with one attached hydrogen (secondary N) is 1. The summed E-state index contributed by atoms with van der Waals surface area (Å²) in [5.74, 6) is -1.30. The van der Waals surface area contributed by atoms with Crippen molar-refractivity contribution in [2.45, 2.75) is 6.42 Å². The van der Waals surface area contributed by atoms with Gasteiger partial charge in [0.25, 0.3) is 0 Å². The Hall–Kier alpha value is -1.85. The molecule has 2 rings (SSSR count). The van der Waals surface area contributed by atoms with Crippen molar-refractivity contribution < 1.29 is 14.7 Å². The molecule has 98 valence electrons. The molecule has 1 aromatic heterocycles. The van der Waals surface area contributed by atoms with Crippen molar-refractivity contribution in [2.24, 2.45) is 0 Å². The maximum atomic E-state index is 11.8. The molecule has 1 heterocycles. The fourth-order valence-corrected chi connectivity index (χ4v) is 2.36. The normalized spacial score (nSPS) is 10.2.